The summed E-state index contributed by atoms with van der Waals surface area (Å²) in [7, 11) is 5.78. The van der Waals surface area contributed by atoms with Gasteiger partial charge in [0.15, 0.2) is 5.96 Å². The second-order valence-electron chi connectivity index (χ2n) is 6.88. The monoisotopic (exact) mass is 391 g/mol. The summed E-state index contributed by atoms with van der Waals surface area (Å²) in [5.41, 5.74) is 3.42. The summed E-state index contributed by atoms with van der Waals surface area (Å²) in [6.07, 6.45) is 2.08. The van der Waals surface area contributed by atoms with Crippen LogP contribution in [0, 0.1) is 0 Å². The van der Waals surface area contributed by atoms with Crippen LogP contribution >= 0.6 is 11.6 Å². The molecular weight excluding hydrogens is 362 g/mol. The van der Waals surface area contributed by atoms with Crippen molar-refractivity contribution in [3.63, 3.8) is 0 Å². The fourth-order valence-corrected chi connectivity index (χ4v) is 3.14. The van der Waals surface area contributed by atoms with Crippen molar-refractivity contribution < 1.29 is 4.74 Å². The van der Waals surface area contributed by atoms with Crippen molar-refractivity contribution in [3.05, 3.63) is 52.3 Å². The second-order valence-corrected chi connectivity index (χ2v) is 7.32. The third kappa shape index (κ3) is 6.56. The lowest BCUT2D eigenvalue weighted by molar-refractivity contribution is 0.125. The second kappa shape index (κ2) is 10.3. The number of nitrogens with zero attached hydrogens (tertiary/aromatic N) is 4. The molecule has 0 fully saturated rings. The Morgan fingerprint density at radius 3 is 2.85 bits per heavy atom. The number of aryl methyl sites for hydroxylation is 1. The third-order valence-electron chi connectivity index (χ3n) is 4.15. The highest BCUT2D eigenvalue weighted by molar-refractivity contribution is 6.30. The zero-order valence-electron chi connectivity index (χ0n) is 16.9. The first-order valence-corrected chi connectivity index (χ1v) is 9.55. The Morgan fingerprint density at radius 1 is 1.41 bits per heavy atom. The predicted octanol–water partition coefficient (Wildman–Crippen LogP) is 3.42. The quantitative estimate of drug-likeness (QED) is 0.425. The largest absolute Gasteiger partial charge is 0.375 e. The lowest BCUT2D eigenvalue weighted by atomic mass is 10.1. The van der Waals surface area contributed by atoms with E-state index in [1.54, 1.807) is 7.05 Å². The number of nitrogens with one attached hydrogen (secondary N) is 1. The summed E-state index contributed by atoms with van der Waals surface area (Å²) < 4.78 is 7.59. The van der Waals surface area contributed by atoms with Gasteiger partial charge in [0.25, 0.3) is 0 Å². The number of ether oxygens (including phenoxy) is 1. The lowest BCUT2D eigenvalue weighted by Gasteiger charge is -2.22. The van der Waals surface area contributed by atoms with Gasteiger partial charge in [-0.1, -0.05) is 37.6 Å². The maximum atomic E-state index is 5.98. The Balaban J connectivity index is 1.79. The van der Waals surface area contributed by atoms with Crippen LogP contribution in [-0.4, -0.2) is 47.9 Å². The van der Waals surface area contributed by atoms with Crippen LogP contribution in [0.4, 0.5) is 0 Å². The SMILES string of the molecule is CN=C(NCCOCc1cccc(Cl)c1)N(C)Cc1cn(C)nc1C(C)C. The van der Waals surface area contributed by atoms with Gasteiger partial charge in [0.05, 0.1) is 18.9 Å². The highest BCUT2D eigenvalue weighted by atomic mass is 35.5. The maximum absolute atomic E-state index is 5.98. The Bertz CT molecular complexity index is 757. The van der Waals surface area contributed by atoms with E-state index in [-0.39, 0.29) is 0 Å². The molecule has 0 atom stereocenters. The topological polar surface area (TPSA) is 54.7 Å². The zero-order chi connectivity index (χ0) is 19.8. The number of halogens is 1. The van der Waals surface area contributed by atoms with E-state index in [1.807, 2.05) is 43.0 Å². The summed E-state index contributed by atoms with van der Waals surface area (Å²) in [6, 6.07) is 7.72. The minimum Gasteiger partial charge on any atom is -0.375 e. The molecular formula is C20H30ClN5O. The normalized spacial score (nSPS) is 11.9. The van der Waals surface area contributed by atoms with Crippen LogP contribution in [-0.2, 0) is 24.9 Å². The van der Waals surface area contributed by atoms with E-state index >= 15 is 0 Å². The fourth-order valence-electron chi connectivity index (χ4n) is 2.93. The first-order chi connectivity index (χ1) is 12.9. The van der Waals surface area contributed by atoms with Crippen molar-refractivity contribution in [1.29, 1.82) is 0 Å². The van der Waals surface area contributed by atoms with Crippen molar-refractivity contribution in [3.8, 4) is 0 Å². The number of hydrogen-bond donors (Lipinski definition) is 1. The van der Waals surface area contributed by atoms with Crippen LogP contribution in [0.2, 0.25) is 5.02 Å². The van der Waals surface area contributed by atoms with Crippen molar-refractivity contribution in [2.45, 2.75) is 32.9 Å². The lowest BCUT2D eigenvalue weighted by Crippen LogP contribution is -2.40. The van der Waals surface area contributed by atoms with E-state index in [9.17, 15) is 0 Å². The highest BCUT2D eigenvalue weighted by Gasteiger charge is 2.14. The average molecular weight is 392 g/mol. The molecule has 0 aliphatic carbocycles. The molecule has 0 aliphatic heterocycles. The molecule has 1 aromatic carbocycles. The van der Waals surface area contributed by atoms with Crippen molar-refractivity contribution in [2.24, 2.45) is 12.0 Å². The minimum atomic E-state index is 0.393. The summed E-state index contributed by atoms with van der Waals surface area (Å²) in [6.45, 7) is 6.89. The summed E-state index contributed by atoms with van der Waals surface area (Å²) in [4.78, 5) is 6.46. The fraction of sp³-hybridized carbons (Fsp3) is 0.500. The minimum absolute atomic E-state index is 0.393. The molecule has 148 valence electrons. The number of hydrogen-bond acceptors (Lipinski definition) is 3. The first-order valence-electron chi connectivity index (χ1n) is 9.17. The standard InChI is InChI=1S/C20H30ClN5O/c1-15(2)19-17(13-26(5)24-19)12-25(4)20(22-3)23-9-10-27-14-16-7-6-8-18(21)11-16/h6-8,11,13,15H,9-10,12,14H2,1-5H3,(H,22,23). The molecule has 0 saturated carbocycles. The summed E-state index contributed by atoms with van der Waals surface area (Å²) in [5, 5.41) is 8.64. The average Bonchev–Trinajstić information content (AvgIpc) is 2.98. The molecule has 0 radical (unpaired) electrons. The van der Waals surface area contributed by atoms with Crippen LogP contribution in [0.3, 0.4) is 0 Å². The molecule has 7 heteroatoms. The predicted molar refractivity (Wildman–Crippen MR) is 111 cm³/mol. The van der Waals surface area contributed by atoms with Gasteiger partial charge in [0, 0.05) is 51.0 Å². The Morgan fingerprint density at radius 2 is 2.19 bits per heavy atom. The van der Waals surface area contributed by atoms with Gasteiger partial charge in [-0.25, -0.2) is 0 Å². The molecule has 27 heavy (non-hydrogen) atoms. The van der Waals surface area contributed by atoms with Crippen LogP contribution in [0.15, 0.2) is 35.5 Å². The third-order valence-corrected chi connectivity index (χ3v) is 4.39. The molecule has 6 nitrogen and oxygen atoms in total. The number of rotatable bonds is 8. The van der Waals surface area contributed by atoms with E-state index in [4.69, 9.17) is 16.3 Å². The van der Waals surface area contributed by atoms with E-state index in [0.29, 0.717) is 25.7 Å². The zero-order valence-corrected chi connectivity index (χ0v) is 17.6. The molecule has 0 aliphatic rings. The Hall–Kier alpha value is -2.05. The van der Waals surface area contributed by atoms with Crippen LogP contribution in [0.25, 0.3) is 0 Å². The number of guanidine groups is 1. The Labute approximate surface area is 167 Å². The van der Waals surface area contributed by atoms with Gasteiger partial charge in [0.1, 0.15) is 0 Å². The van der Waals surface area contributed by atoms with Crippen LogP contribution in [0.1, 0.15) is 36.6 Å². The Kier molecular flexibility index (Phi) is 8.13. The molecule has 1 N–H and O–H groups in total. The van der Waals surface area contributed by atoms with Crippen molar-refractivity contribution in [1.82, 2.24) is 20.0 Å². The molecule has 0 amide bonds. The summed E-state index contributed by atoms with van der Waals surface area (Å²) >= 11 is 5.98. The molecule has 2 aromatic rings. The van der Waals surface area contributed by atoms with Gasteiger partial charge in [0.2, 0.25) is 0 Å². The van der Waals surface area contributed by atoms with Gasteiger partial charge in [-0.2, -0.15) is 5.10 Å². The number of aliphatic imine (C=N–C) groups is 1. The highest BCUT2D eigenvalue weighted by Crippen LogP contribution is 2.18. The van der Waals surface area contributed by atoms with Gasteiger partial charge >= 0.3 is 0 Å². The van der Waals surface area contributed by atoms with E-state index < -0.39 is 0 Å². The molecule has 0 saturated heterocycles. The van der Waals surface area contributed by atoms with E-state index in [2.05, 4.69) is 40.4 Å². The van der Waals surface area contributed by atoms with Crippen molar-refractivity contribution >= 4 is 17.6 Å². The molecule has 0 unspecified atom stereocenters. The molecule has 1 aromatic heterocycles. The number of aromatic nitrogens is 2. The van der Waals surface area contributed by atoms with Gasteiger partial charge in [-0.15, -0.1) is 0 Å². The first kappa shape index (κ1) is 21.3. The van der Waals surface area contributed by atoms with Crippen molar-refractivity contribution in [2.75, 3.05) is 27.2 Å². The van der Waals surface area contributed by atoms with Gasteiger partial charge < -0.3 is 15.0 Å². The van der Waals surface area contributed by atoms with Crippen LogP contribution < -0.4 is 5.32 Å². The molecule has 1 heterocycles. The molecule has 0 bridgehead atoms. The smallest absolute Gasteiger partial charge is 0.193 e. The maximum Gasteiger partial charge on any atom is 0.193 e. The van der Waals surface area contributed by atoms with E-state index in [1.165, 1.54) is 5.56 Å². The van der Waals surface area contributed by atoms with Gasteiger partial charge in [-0.05, 0) is 23.6 Å². The summed E-state index contributed by atoms with van der Waals surface area (Å²) in [5.74, 6) is 1.23. The number of benzene rings is 1. The molecule has 0 spiro atoms. The van der Waals surface area contributed by atoms with Gasteiger partial charge in [-0.3, -0.25) is 9.67 Å². The molecule has 2 rings (SSSR count). The van der Waals surface area contributed by atoms with Crippen LogP contribution in [0.5, 0.6) is 0 Å². The van der Waals surface area contributed by atoms with E-state index in [0.717, 1.165) is 28.8 Å².